The zero-order valence-electron chi connectivity index (χ0n) is 11.5. The van der Waals surface area contributed by atoms with Crippen LogP contribution in [0.25, 0.3) is 0 Å². The Morgan fingerprint density at radius 2 is 1.89 bits per heavy atom. The van der Waals surface area contributed by atoms with Gasteiger partial charge in [0.15, 0.2) is 5.79 Å². The molecule has 0 aliphatic carbocycles. The summed E-state index contributed by atoms with van der Waals surface area (Å²) in [6.45, 7) is 7.91. The molecule has 2 rings (SSSR count). The van der Waals surface area contributed by atoms with E-state index in [1.54, 1.807) is 0 Å². The molecule has 6 heteroatoms. The van der Waals surface area contributed by atoms with Gasteiger partial charge in [0.2, 0.25) is 0 Å². The Morgan fingerprint density at radius 3 is 2.22 bits per heavy atom. The number of aliphatic hydroxyl groups is 2. The molecular formula is C12H25NO5. The number of ether oxygens (including phenoxy) is 3. The molecule has 3 atom stereocenters. The Hall–Kier alpha value is -0.240. The number of hydrogen-bond acceptors (Lipinski definition) is 6. The highest BCUT2D eigenvalue weighted by atomic mass is 16.7. The lowest BCUT2D eigenvalue weighted by Crippen LogP contribution is -2.37. The third-order valence-corrected chi connectivity index (χ3v) is 2.50. The average molecular weight is 263 g/mol. The molecule has 0 aromatic heterocycles. The fraction of sp³-hybridized carbons (Fsp3) is 1.00. The van der Waals surface area contributed by atoms with Crippen LogP contribution in [0.4, 0.5) is 0 Å². The smallest absolute Gasteiger partial charge is 0.163 e. The van der Waals surface area contributed by atoms with E-state index in [-0.39, 0.29) is 12.2 Å². The van der Waals surface area contributed by atoms with Crippen LogP contribution in [-0.2, 0) is 14.2 Å². The van der Waals surface area contributed by atoms with Gasteiger partial charge in [-0.05, 0) is 34.1 Å². The maximum absolute atomic E-state index is 9.56. The Labute approximate surface area is 108 Å². The van der Waals surface area contributed by atoms with Gasteiger partial charge < -0.3 is 30.2 Å². The van der Waals surface area contributed by atoms with Gasteiger partial charge in [0.05, 0.1) is 12.7 Å². The van der Waals surface area contributed by atoms with E-state index < -0.39 is 17.6 Å². The second kappa shape index (κ2) is 5.81. The maximum atomic E-state index is 9.56. The highest BCUT2D eigenvalue weighted by Gasteiger charge is 2.42. The highest BCUT2D eigenvalue weighted by molar-refractivity contribution is 4.86. The topological polar surface area (TPSA) is 94.2 Å². The van der Waals surface area contributed by atoms with Gasteiger partial charge in [-0.2, -0.15) is 0 Å². The van der Waals surface area contributed by atoms with E-state index in [4.69, 9.17) is 25.1 Å². The summed E-state index contributed by atoms with van der Waals surface area (Å²) < 4.78 is 16.4. The van der Waals surface area contributed by atoms with E-state index in [0.717, 1.165) is 0 Å². The van der Waals surface area contributed by atoms with Crippen molar-refractivity contribution in [3.8, 4) is 0 Å². The van der Waals surface area contributed by atoms with E-state index in [2.05, 4.69) is 0 Å². The molecule has 2 heterocycles. The molecule has 18 heavy (non-hydrogen) atoms. The van der Waals surface area contributed by atoms with Crippen LogP contribution < -0.4 is 5.73 Å². The summed E-state index contributed by atoms with van der Waals surface area (Å²) in [7, 11) is 0. The molecule has 6 nitrogen and oxygen atoms in total. The van der Waals surface area contributed by atoms with Crippen molar-refractivity contribution >= 4 is 0 Å². The van der Waals surface area contributed by atoms with Crippen LogP contribution in [-0.4, -0.2) is 53.3 Å². The lowest BCUT2D eigenvalue weighted by molar-refractivity contribution is -0.157. The van der Waals surface area contributed by atoms with Crippen LogP contribution in [0.5, 0.6) is 0 Å². The fourth-order valence-electron chi connectivity index (χ4n) is 1.83. The second-order valence-electron chi connectivity index (χ2n) is 5.71. The van der Waals surface area contributed by atoms with Gasteiger partial charge in [-0.15, -0.1) is 0 Å². The quantitative estimate of drug-likeness (QED) is 0.575. The summed E-state index contributed by atoms with van der Waals surface area (Å²) in [5.74, 6) is -0.531. The highest BCUT2D eigenvalue weighted by Crippen LogP contribution is 2.29. The molecule has 0 bridgehead atoms. The standard InChI is InChI=1S/C9H16O4.C3H9NO/c1-9(2)12-5-7(13-9)8-6(10)3-4-11-8;1-3(2,4)5/h6-8,10H,3-5H2,1-2H3;5H,4H2,1-2H3. The third kappa shape index (κ3) is 5.60. The zero-order valence-corrected chi connectivity index (χ0v) is 11.5. The minimum absolute atomic E-state index is 0.118. The van der Waals surface area contributed by atoms with E-state index in [0.29, 0.717) is 19.6 Å². The fourth-order valence-corrected chi connectivity index (χ4v) is 1.83. The predicted octanol–water partition coefficient (Wildman–Crippen LogP) is -0.0388. The monoisotopic (exact) mass is 263 g/mol. The Bertz CT molecular complexity index is 258. The maximum Gasteiger partial charge on any atom is 0.163 e. The average Bonchev–Trinajstić information content (AvgIpc) is 2.69. The zero-order chi connectivity index (χ0) is 14.0. The lowest BCUT2D eigenvalue weighted by atomic mass is 10.1. The van der Waals surface area contributed by atoms with Crippen LogP contribution in [0.1, 0.15) is 34.1 Å². The van der Waals surface area contributed by atoms with Gasteiger partial charge in [0, 0.05) is 6.61 Å². The van der Waals surface area contributed by atoms with Crippen molar-refractivity contribution in [2.45, 2.75) is 63.9 Å². The van der Waals surface area contributed by atoms with Crippen LogP contribution in [0.3, 0.4) is 0 Å². The molecule has 0 aromatic rings. The first-order valence-electron chi connectivity index (χ1n) is 6.21. The molecule has 2 saturated heterocycles. The van der Waals surface area contributed by atoms with Crippen molar-refractivity contribution in [2.24, 2.45) is 5.73 Å². The minimum Gasteiger partial charge on any atom is -0.390 e. The molecule has 0 saturated carbocycles. The number of hydrogen-bond donors (Lipinski definition) is 3. The van der Waals surface area contributed by atoms with Crippen LogP contribution in [0.2, 0.25) is 0 Å². The summed E-state index contributed by atoms with van der Waals surface area (Å²) in [5.41, 5.74) is 3.91. The molecule has 2 aliphatic rings. The summed E-state index contributed by atoms with van der Waals surface area (Å²) in [6.07, 6.45) is -0.0258. The van der Waals surface area contributed by atoms with E-state index in [1.165, 1.54) is 13.8 Å². The normalized spacial score (nSPS) is 35.2. The molecule has 2 aliphatic heterocycles. The number of rotatable bonds is 1. The van der Waals surface area contributed by atoms with Crippen molar-refractivity contribution < 1.29 is 24.4 Å². The van der Waals surface area contributed by atoms with Gasteiger partial charge in [-0.1, -0.05) is 0 Å². The number of nitrogens with two attached hydrogens (primary N) is 1. The van der Waals surface area contributed by atoms with E-state index >= 15 is 0 Å². The van der Waals surface area contributed by atoms with Gasteiger partial charge >= 0.3 is 0 Å². The summed E-state index contributed by atoms with van der Waals surface area (Å²) in [6, 6.07) is 0. The molecule has 4 N–H and O–H groups in total. The van der Waals surface area contributed by atoms with Crippen LogP contribution in [0.15, 0.2) is 0 Å². The Morgan fingerprint density at radius 1 is 1.33 bits per heavy atom. The van der Waals surface area contributed by atoms with Crippen molar-refractivity contribution in [2.75, 3.05) is 13.2 Å². The van der Waals surface area contributed by atoms with Crippen LogP contribution in [0, 0.1) is 0 Å². The van der Waals surface area contributed by atoms with Gasteiger partial charge in [-0.3, -0.25) is 0 Å². The van der Waals surface area contributed by atoms with Crippen LogP contribution >= 0.6 is 0 Å². The largest absolute Gasteiger partial charge is 0.390 e. The summed E-state index contributed by atoms with van der Waals surface area (Å²) >= 11 is 0. The first-order valence-corrected chi connectivity index (χ1v) is 6.21. The number of aliphatic hydroxyl groups excluding tert-OH is 1. The van der Waals surface area contributed by atoms with Crippen molar-refractivity contribution in [1.29, 1.82) is 0 Å². The Balaban J connectivity index is 0.000000280. The van der Waals surface area contributed by atoms with Crippen molar-refractivity contribution in [1.82, 2.24) is 0 Å². The Kier molecular flexibility index (Phi) is 5.11. The molecular weight excluding hydrogens is 238 g/mol. The molecule has 3 unspecified atom stereocenters. The molecule has 108 valence electrons. The molecule has 0 spiro atoms. The van der Waals surface area contributed by atoms with Gasteiger partial charge in [0.1, 0.15) is 17.9 Å². The summed E-state index contributed by atoms with van der Waals surface area (Å²) in [5, 5.41) is 17.9. The van der Waals surface area contributed by atoms with Crippen molar-refractivity contribution in [3.63, 3.8) is 0 Å². The third-order valence-electron chi connectivity index (χ3n) is 2.50. The molecule has 2 fully saturated rings. The SMILES string of the molecule is CC(C)(N)O.CC1(C)OCC(C2OCCC2O)O1. The van der Waals surface area contributed by atoms with Crippen molar-refractivity contribution in [3.05, 3.63) is 0 Å². The molecule has 0 aromatic carbocycles. The molecule has 0 amide bonds. The second-order valence-corrected chi connectivity index (χ2v) is 5.71. The lowest BCUT2D eigenvalue weighted by Gasteiger charge is -2.22. The minimum atomic E-state index is -1.00. The predicted molar refractivity (Wildman–Crippen MR) is 65.8 cm³/mol. The van der Waals surface area contributed by atoms with E-state index in [1.807, 2.05) is 13.8 Å². The molecule has 0 radical (unpaired) electrons. The van der Waals surface area contributed by atoms with E-state index in [9.17, 15) is 5.11 Å². The first kappa shape index (κ1) is 15.8. The summed E-state index contributed by atoms with van der Waals surface area (Å²) in [4.78, 5) is 0. The van der Waals surface area contributed by atoms with Gasteiger partial charge in [-0.25, -0.2) is 0 Å². The first-order chi connectivity index (χ1) is 8.08. The van der Waals surface area contributed by atoms with Gasteiger partial charge in [0.25, 0.3) is 0 Å².